The number of aromatic amines is 1. The van der Waals surface area contributed by atoms with Crippen LogP contribution in [0.1, 0.15) is 18.9 Å². The quantitative estimate of drug-likeness (QED) is 0.854. The van der Waals surface area contributed by atoms with E-state index in [1.165, 1.54) is 12.1 Å². The summed E-state index contributed by atoms with van der Waals surface area (Å²) in [5.41, 5.74) is -0.744. The molecule has 0 radical (unpaired) electrons. The van der Waals surface area contributed by atoms with Crippen molar-refractivity contribution in [1.29, 1.82) is 0 Å². The van der Waals surface area contributed by atoms with Crippen molar-refractivity contribution in [2.45, 2.75) is 19.8 Å². The second kappa shape index (κ2) is 5.93. The van der Waals surface area contributed by atoms with Crippen LogP contribution in [-0.4, -0.2) is 9.55 Å². The van der Waals surface area contributed by atoms with Crippen LogP contribution in [0, 0.1) is 5.82 Å². The first kappa shape index (κ1) is 15.0. The van der Waals surface area contributed by atoms with Gasteiger partial charge < -0.3 is 0 Å². The van der Waals surface area contributed by atoms with E-state index in [-0.39, 0.29) is 15.3 Å². The highest BCUT2D eigenvalue weighted by Gasteiger charge is 2.14. The van der Waals surface area contributed by atoms with Gasteiger partial charge in [0.2, 0.25) is 0 Å². The number of nitrogens with zero attached hydrogens (tertiary/aromatic N) is 1. The van der Waals surface area contributed by atoms with Crippen LogP contribution in [0.5, 0.6) is 0 Å². The van der Waals surface area contributed by atoms with E-state index in [0.29, 0.717) is 18.4 Å². The number of hydrogen-bond donors (Lipinski definition) is 1. The molecule has 2 aromatic rings. The predicted molar refractivity (Wildman–Crippen MR) is 79.3 cm³/mol. The largest absolute Gasteiger partial charge is 0.334 e. The number of aromatic nitrogens is 2. The van der Waals surface area contributed by atoms with Crippen LogP contribution in [0.4, 0.5) is 4.39 Å². The van der Waals surface area contributed by atoms with Gasteiger partial charge >= 0.3 is 5.69 Å². The third kappa shape index (κ3) is 2.71. The van der Waals surface area contributed by atoms with Crippen LogP contribution >= 0.6 is 27.5 Å². The molecule has 0 aliphatic heterocycles. The minimum absolute atomic E-state index is 0.0377. The van der Waals surface area contributed by atoms with Gasteiger partial charge in [-0.3, -0.25) is 9.78 Å². The Kier molecular flexibility index (Phi) is 4.45. The highest BCUT2D eigenvalue weighted by atomic mass is 79.9. The smallest absolute Gasteiger partial charge is 0.297 e. The zero-order valence-corrected chi connectivity index (χ0v) is 12.9. The Bertz CT molecular complexity index is 770. The molecule has 1 heterocycles. The van der Waals surface area contributed by atoms with Crippen LogP contribution in [0.15, 0.2) is 32.3 Å². The summed E-state index contributed by atoms with van der Waals surface area (Å²) in [6.45, 7) is 1.89. The number of rotatable bonds is 3. The number of halogens is 3. The van der Waals surface area contributed by atoms with Crippen molar-refractivity contribution in [1.82, 2.24) is 9.55 Å². The Morgan fingerprint density at radius 2 is 2.10 bits per heavy atom. The molecule has 4 nitrogen and oxygen atoms in total. The van der Waals surface area contributed by atoms with E-state index >= 15 is 0 Å². The first-order valence-electron chi connectivity index (χ1n) is 5.94. The molecule has 0 aliphatic carbocycles. The van der Waals surface area contributed by atoms with Crippen LogP contribution in [-0.2, 0) is 6.42 Å². The topological polar surface area (TPSA) is 54.9 Å². The predicted octanol–water partition coefficient (Wildman–Crippen LogP) is 3.03. The summed E-state index contributed by atoms with van der Waals surface area (Å²) in [6.07, 6.45) is 1.14. The first-order valence-corrected chi connectivity index (χ1v) is 7.12. The normalized spacial score (nSPS) is 10.8. The molecule has 0 aliphatic rings. The van der Waals surface area contributed by atoms with Crippen LogP contribution in [0.25, 0.3) is 5.69 Å². The van der Waals surface area contributed by atoms with Crippen molar-refractivity contribution in [3.63, 3.8) is 0 Å². The van der Waals surface area contributed by atoms with E-state index in [0.717, 1.165) is 10.6 Å². The second-order valence-corrected chi connectivity index (χ2v) is 5.44. The van der Waals surface area contributed by atoms with Gasteiger partial charge in [-0.25, -0.2) is 13.8 Å². The van der Waals surface area contributed by atoms with E-state index in [2.05, 4.69) is 20.9 Å². The minimum Gasteiger partial charge on any atom is -0.297 e. The van der Waals surface area contributed by atoms with Gasteiger partial charge in [0.15, 0.2) is 0 Å². The Balaban J connectivity index is 2.73. The standard InChI is InChI=1S/C13H11BrClFN2O2/c1-2-3-8-11(15)17-13(20)18(12(8)19)7-4-5-9(14)10(16)6-7/h4-6H,2-3H2,1H3,(H,17,20). The second-order valence-electron chi connectivity index (χ2n) is 4.21. The molecule has 0 amide bonds. The Hall–Kier alpha value is -1.40. The monoisotopic (exact) mass is 360 g/mol. The van der Waals surface area contributed by atoms with E-state index in [1.807, 2.05) is 6.92 Å². The van der Waals surface area contributed by atoms with Gasteiger partial charge in [-0.2, -0.15) is 0 Å². The van der Waals surface area contributed by atoms with E-state index in [1.54, 1.807) is 0 Å². The maximum atomic E-state index is 13.6. The average Bonchev–Trinajstić information content (AvgIpc) is 2.38. The molecule has 0 unspecified atom stereocenters. The van der Waals surface area contributed by atoms with Crippen molar-refractivity contribution in [3.05, 3.63) is 60.0 Å². The maximum Gasteiger partial charge on any atom is 0.334 e. The third-order valence-corrected chi connectivity index (χ3v) is 3.77. The Labute approximate surface area is 127 Å². The number of nitrogens with one attached hydrogen (secondary N) is 1. The molecule has 2 rings (SSSR count). The zero-order chi connectivity index (χ0) is 14.9. The van der Waals surface area contributed by atoms with Crippen LogP contribution in [0.2, 0.25) is 5.15 Å². The third-order valence-electron chi connectivity index (χ3n) is 2.81. The van der Waals surface area contributed by atoms with Gasteiger partial charge in [0.05, 0.1) is 15.7 Å². The zero-order valence-electron chi connectivity index (χ0n) is 10.5. The SMILES string of the molecule is CCCc1c(Cl)[nH]c(=O)n(-c2ccc(Br)c(F)c2)c1=O. The molecule has 20 heavy (non-hydrogen) atoms. The molecule has 1 aromatic carbocycles. The number of H-pyrrole nitrogens is 1. The van der Waals surface area contributed by atoms with Crippen molar-refractivity contribution in [2.24, 2.45) is 0 Å². The molecule has 0 atom stereocenters. The fraction of sp³-hybridized carbons (Fsp3) is 0.231. The van der Waals surface area contributed by atoms with Crippen LogP contribution in [0.3, 0.4) is 0 Å². The molecule has 0 saturated carbocycles. The van der Waals surface area contributed by atoms with Crippen molar-refractivity contribution in [2.75, 3.05) is 0 Å². The molecule has 7 heteroatoms. The minimum atomic E-state index is -0.693. The van der Waals surface area contributed by atoms with Gasteiger partial charge in [0, 0.05) is 0 Å². The molecule has 1 aromatic heterocycles. The molecule has 0 fully saturated rings. The van der Waals surface area contributed by atoms with Crippen LogP contribution < -0.4 is 11.2 Å². The van der Waals surface area contributed by atoms with Crippen molar-refractivity contribution < 1.29 is 4.39 Å². The van der Waals surface area contributed by atoms with Crippen molar-refractivity contribution in [3.8, 4) is 5.69 Å². The lowest BCUT2D eigenvalue weighted by molar-refractivity contribution is 0.619. The number of hydrogen-bond acceptors (Lipinski definition) is 2. The fourth-order valence-electron chi connectivity index (χ4n) is 1.87. The highest BCUT2D eigenvalue weighted by molar-refractivity contribution is 9.10. The van der Waals surface area contributed by atoms with E-state index in [9.17, 15) is 14.0 Å². The summed E-state index contributed by atoms with van der Waals surface area (Å²) in [6, 6.07) is 4.03. The first-order chi connectivity index (χ1) is 9.45. The van der Waals surface area contributed by atoms with E-state index < -0.39 is 17.1 Å². The van der Waals surface area contributed by atoms with Gasteiger partial charge in [-0.15, -0.1) is 0 Å². The summed E-state index contributed by atoms with van der Waals surface area (Å²) < 4.78 is 14.7. The summed E-state index contributed by atoms with van der Waals surface area (Å²) in [7, 11) is 0. The molecule has 0 bridgehead atoms. The van der Waals surface area contributed by atoms with Gasteiger partial charge in [-0.05, 0) is 40.5 Å². The lowest BCUT2D eigenvalue weighted by Crippen LogP contribution is -2.36. The van der Waals surface area contributed by atoms with Crippen molar-refractivity contribution >= 4 is 27.5 Å². The molecular weight excluding hydrogens is 351 g/mol. The summed E-state index contributed by atoms with van der Waals surface area (Å²) in [5.74, 6) is -0.555. The van der Waals surface area contributed by atoms with Gasteiger partial charge in [-0.1, -0.05) is 24.9 Å². The summed E-state index contributed by atoms with van der Waals surface area (Å²) in [5, 5.41) is 0.0377. The lowest BCUT2D eigenvalue weighted by Gasteiger charge is -2.09. The maximum absolute atomic E-state index is 13.6. The summed E-state index contributed by atoms with van der Waals surface area (Å²) in [4.78, 5) is 26.6. The molecule has 1 N–H and O–H groups in total. The van der Waals surface area contributed by atoms with Gasteiger partial charge in [0.1, 0.15) is 11.0 Å². The summed E-state index contributed by atoms with van der Waals surface area (Å²) >= 11 is 8.90. The van der Waals surface area contributed by atoms with Gasteiger partial charge in [0.25, 0.3) is 5.56 Å². The van der Waals surface area contributed by atoms with E-state index in [4.69, 9.17) is 11.6 Å². The Morgan fingerprint density at radius 1 is 1.40 bits per heavy atom. The molecular formula is C13H11BrClFN2O2. The molecule has 0 saturated heterocycles. The molecule has 106 valence electrons. The lowest BCUT2D eigenvalue weighted by atomic mass is 10.2. The highest BCUT2D eigenvalue weighted by Crippen LogP contribution is 2.18. The average molecular weight is 362 g/mol. The molecule has 0 spiro atoms. The Morgan fingerprint density at radius 3 is 2.70 bits per heavy atom. The number of benzene rings is 1. The fourth-order valence-corrected chi connectivity index (χ4v) is 2.37.